The van der Waals surface area contributed by atoms with Gasteiger partial charge in [-0.05, 0) is 36.1 Å². The molecule has 35 heavy (non-hydrogen) atoms. The van der Waals surface area contributed by atoms with Crippen LogP contribution in [0.1, 0.15) is 42.7 Å². The minimum absolute atomic E-state index is 0.0652. The van der Waals surface area contributed by atoms with E-state index >= 15 is 0 Å². The molecule has 0 aliphatic heterocycles. The predicted molar refractivity (Wildman–Crippen MR) is 129 cm³/mol. The van der Waals surface area contributed by atoms with Gasteiger partial charge in [0.05, 0.1) is 22.1 Å². The second-order valence-electron chi connectivity index (χ2n) is 8.73. The zero-order chi connectivity index (χ0) is 25.0. The Morgan fingerprint density at radius 1 is 1.14 bits per heavy atom. The summed E-state index contributed by atoms with van der Waals surface area (Å²) in [6.45, 7) is 2.97. The van der Waals surface area contributed by atoms with Gasteiger partial charge in [0.2, 0.25) is 0 Å². The Morgan fingerprint density at radius 2 is 1.86 bits per heavy atom. The number of hydrogen-bond donors (Lipinski definition) is 0. The van der Waals surface area contributed by atoms with Gasteiger partial charge in [-0.1, -0.05) is 31.2 Å². The number of carbonyl (C=O) groups excluding carboxylic acids is 1. The summed E-state index contributed by atoms with van der Waals surface area (Å²) < 4.78 is 27.8. The maximum atomic E-state index is 13.1. The maximum absolute atomic E-state index is 13.1. The fourth-order valence-corrected chi connectivity index (χ4v) is 5.16. The second-order valence-corrected chi connectivity index (χ2v) is 11.0. The number of ketones is 1. The van der Waals surface area contributed by atoms with Crippen molar-refractivity contribution in [3.63, 3.8) is 0 Å². The predicted octanol–water partition coefficient (Wildman–Crippen LogP) is 3.64. The van der Waals surface area contributed by atoms with Gasteiger partial charge in [0, 0.05) is 25.7 Å². The van der Waals surface area contributed by atoms with Crippen LogP contribution in [0.5, 0.6) is 0 Å². The number of rotatable bonds is 6. The largest absolute Gasteiger partial charge is 0.309 e. The third-order valence-corrected chi connectivity index (χ3v) is 8.23. The Balaban J connectivity index is 1.64. The van der Waals surface area contributed by atoms with E-state index in [2.05, 4.69) is 26.2 Å². The van der Waals surface area contributed by atoms with E-state index in [1.54, 1.807) is 30.8 Å². The van der Waals surface area contributed by atoms with Gasteiger partial charge >= 0.3 is 0 Å². The van der Waals surface area contributed by atoms with Crippen LogP contribution in [-0.4, -0.2) is 44.7 Å². The summed E-state index contributed by atoms with van der Waals surface area (Å²) in [7, 11) is -1.96. The minimum atomic E-state index is -3.66. The first-order valence-corrected chi connectivity index (χ1v) is 12.8. The topological polar surface area (TPSA) is 131 Å². The molecule has 10 heteroatoms. The molecule has 0 N–H and O–H groups in total. The van der Waals surface area contributed by atoms with Crippen LogP contribution in [0, 0.1) is 11.3 Å². The van der Waals surface area contributed by atoms with Crippen LogP contribution in [0.15, 0.2) is 47.5 Å². The van der Waals surface area contributed by atoms with E-state index in [4.69, 9.17) is 0 Å². The van der Waals surface area contributed by atoms with E-state index < -0.39 is 9.84 Å². The van der Waals surface area contributed by atoms with Crippen molar-refractivity contribution < 1.29 is 13.2 Å². The number of aryl methyl sites for hydroxylation is 1. The molecule has 0 radical (unpaired) electrons. The number of fused-ring (bicyclic) bond motifs is 1. The van der Waals surface area contributed by atoms with Crippen molar-refractivity contribution in [2.24, 2.45) is 7.05 Å². The molecule has 1 saturated carbocycles. The van der Waals surface area contributed by atoms with Crippen molar-refractivity contribution in [3.8, 4) is 28.7 Å². The molecule has 5 rings (SSSR count). The molecule has 1 aliphatic carbocycles. The number of nitrogens with zero attached hydrogens (tertiary/aromatic N) is 6. The molecule has 3 heterocycles. The molecule has 1 fully saturated rings. The zero-order valence-corrected chi connectivity index (χ0v) is 20.3. The molecule has 176 valence electrons. The lowest BCUT2D eigenvalue weighted by molar-refractivity contribution is 0.101. The van der Waals surface area contributed by atoms with E-state index in [0.29, 0.717) is 22.6 Å². The average Bonchev–Trinajstić information content (AvgIpc) is 3.61. The van der Waals surface area contributed by atoms with Gasteiger partial charge in [-0.2, -0.15) is 5.26 Å². The number of imidazole rings is 1. The first kappa shape index (κ1) is 22.8. The van der Waals surface area contributed by atoms with Crippen molar-refractivity contribution in [2.75, 3.05) is 5.75 Å². The standard InChI is InChI=1S/C25H22N6O3S/c1-4-35(33,34)21-11-17(16-5-7-18(8-6-16)25(14-26)9-10-25)13-27-22(21)24-28-20-12-19(15(2)32)29-30-23(20)31(24)3/h5-8,11-13H,4,9-10H2,1-3H3. The molecule has 0 atom stereocenters. The number of pyridine rings is 1. The molecule has 4 aromatic rings. The number of nitriles is 1. The monoisotopic (exact) mass is 486 g/mol. The Hall–Kier alpha value is -3.97. The lowest BCUT2D eigenvalue weighted by Gasteiger charge is -2.12. The molecule has 0 spiro atoms. The zero-order valence-electron chi connectivity index (χ0n) is 19.5. The fourth-order valence-electron chi connectivity index (χ4n) is 4.10. The Bertz CT molecular complexity index is 1650. The van der Waals surface area contributed by atoms with Gasteiger partial charge in [-0.15, -0.1) is 10.2 Å². The highest BCUT2D eigenvalue weighted by Gasteiger charge is 2.44. The third kappa shape index (κ3) is 3.78. The van der Waals surface area contributed by atoms with Gasteiger partial charge in [0.15, 0.2) is 27.1 Å². The first-order valence-electron chi connectivity index (χ1n) is 11.2. The molecule has 3 aromatic heterocycles. The Morgan fingerprint density at radius 3 is 2.46 bits per heavy atom. The van der Waals surface area contributed by atoms with Crippen LogP contribution in [0.2, 0.25) is 0 Å². The van der Waals surface area contributed by atoms with E-state index in [1.807, 2.05) is 24.3 Å². The van der Waals surface area contributed by atoms with Crippen molar-refractivity contribution in [1.82, 2.24) is 24.7 Å². The lowest BCUT2D eigenvalue weighted by atomic mass is 9.95. The highest BCUT2D eigenvalue weighted by molar-refractivity contribution is 7.91. The Kier molecular flexibility index (Phi) is 5.25. The van der Waals surface area contributed by atoms with Crippen LogP contribution in [0.4, 0.5) is 0 Å². The molecular weight excluding hydrogens is 464 g/mol. The molecule has 0 unspecified atom stereocenters. The summed E-state index contributed by atoms with van der Waals surface area (Å²) in [5.74, 6) is -0.0298. The molecule has 0 bridgehead atoms. The van der Waals surface area contributed by atoms with Gasteiger partial charge < -0.3 is 4.57 Å². The quantitative estimate of drug-likeness (QED) is 0.377. The normalized spacial score (nSPS) is 14.6. The molecule has 0 amide bonds. The van der Waals surface area contributed by atoms with E-state index in [9.17, 15) is 18.5 Å². The number of sulfone groups is 1. The van der Waals surface area contributed by atoms with Gasteiger partial charge in [-0.3, -0.25) is 9.78 Å². The summed E-state index contributed by atoms with van der Waals surface area (Å²) in [6, 6.07) is 13.1. The summed E-state index contributed by atoms with van der Waals surface area (Å²) in [5.41, 5.74) is 3.26. The van der Waals surface area contributed by atoms with Crippen molar-refractivity contribution in [1.29, 1.82) is 5.26 Å². The third-order valence-electron chi connectivity index (χ3n) is 6.49. The molecule has 9 nitrogen and oxygen atoms in total. The maximum Gasteiger partial charge on any atom is 0.182 e. The number of Topliss-reactive ketones (excluding diaryl/α,β-unsaturated/α-hetero) is 1. The van der Waals surface area contributed by atoms with Crippen LogP contribution in [-0.2, 0) is 22.3 Å². The molecule has 0 saturated heterocycles. The second kappa shape index (κ2) is 8.06. The summed E-state index contributed by atoms with van der Waals surface area (Å²) >= 11 is 0. The Labute approximate surface area is 202 Å². The minimum Gasteiger partial charge on any atom is -0.309 e. The van der Waals surface area contributed by atoms with E-state index in [1.165, 1.54) is 13.0 Å². The number of aromatic nitrogens is 5. The van der Waals surface area contributed by atoms with E-state index in [0.717, 1.165) is 24.0 Å². The van der Waals surface area contributed by atoms with Gasteiger partial charge in [0.1, 0.15) is 16.9 Å². The van der Waals surface area contributed by atoms with Crippen molar-refractivity contribution in [2.45, 2.75) is 37.0 Å². The average molecular weight is 487 g/mol. The van der Waals surface area contributed by atoms with Gasteiger partial charge in [-0.25, -0.2) is 13.4 Å². The van der Waals surface area contributed by atoms with Crippen LogP contribution in [0.3, 0.4) is 0 Å². The summed E-state index contributed by atoms with van der Waals surface area (Å²) in [6.07, 6.45) is 3.32. The van der Waals surface area contributed by atoms with Crippen LogP contribution in [0.25, 0.3) is 33.8 Å². The smallest absolute Gasteiger partial charge is 0.182 e. The molecule has 1 aromatic carbocycles. The van der Waals surface area contributed by atoms with E-state index in [-0.39, 0.29) is 33.2 Å². The SMILES string of the molecule is CCS(=O)(=O)c1cc(-c2ccc(C3(C#N)CC3)cc2)cnc1-c1nc2cc(C(C)=O)nnc2n1C. The van der Waals surface area contributed by atoms with Crippen molar-refractivity contribution >= 4 is 26.8 Å². The van der Waals surface area contributed by atoms with Crippen LogP contribution >= 0.6 is 0 Å². The highest BCUT2D eigenvalue weighted by atomic mass is 32.2. The first-order chi connectivity index (χ1) is 16.7. The molecular formula is C25H22N6O3S. The van der Waals surface area contributed by atoms with Crippen LogP contribution < -0.4 is 0 Å². The van der Waals surface area contributed by atoms with Gasteiger partial charge in [0.25, 0.3) is 0 Å². The number of benzene rings is 1. The highest BCUT2D eigenvalue weighted by Crippen LogP contribution is 2.47. The lowest BCUT2D eigenvalue weighted by Crippen LogP contribution is -2.09. The molecule has 1 aliphatic rings. The van der Waals surface area contributed by atoms with Crippen molar-refractivity contribution in [3.05, 3.63) is 53.9 Å². The number of hydrogen-bond acceptors (Lipinski definition) is 8. The summed E-state index contributed by atoms with van der Waals surface area (Å²) in [4.78, 5) is 20.8. The fraction of sp³-hybridized carbons (Fsp3) is 0.280. The summed E-state index contributed by atoms with van der Waals surface area (Å²) in [5, 5.41) is 17.5. The number of carbonyl (C=O) groups is 1.